The SMILES string of the molecule is CC(C)(C)[Si](C)(C)OC/C=C\Cl. The minimum atomic E-state index is -1.55. The van der Waals surface area contributed by atoms with E-state index in [0.717, 1.165) is 0 Å². The molecule has 0 amide bonds. The third-order valence-corrected chi connectivity index (χ3v) is 7.11. The normalized spacial score (nSPS) is 14.2. The standard InChI is InChI=1S/C9H19ClOSi/c1-9(2,3)12(4,5)11-8-6-7-10/h6-7H,8H2,1-5H3/b7-6-. The van der Waals surface area contributed by atoms with Gasteiger partial charge in [0.1, 0.15) is 0 Å². The van der Waals surface area contributed by atoms with Gasteiger partial charge < -0.3 is 4.43 Å². The van der Waals surface area contributed by atoms with E-state index in [1.165, 1.54) is 5.54 Å². The maximum atomic E-state index is 5.80. The summed E-state index contributed by atoms with van der Waals surface area (Å²) in [4.78, 5) is 0. The average Bonchev–Trinajstić information content (AvgIpc) is 1.85. The molecule has 12 heavy (non-hydrogen) atoms. The number of halogens is 1. The van der Waals surface area contributed by atoms with Gasteiger partial charge in [-0.1, -0.05) is 32.4 Å². The molecule has 0 aromatic rings. The highest BCUT2D eigenvalue weighted by molar-refractivity contribution is 6.74. The minimum absolute atomic E-state index is 0.285. The molecule has 0 heterocycles. The fraction of sp³-hybridized carbons (Fsp3) is 0.778. The van der Waals surface area contributed by atoms with Crippen molar-refractivity contribution in [2.24, 2.45) is 0 Å². The summed E-state index contributed by atoms with van der Waals surface area (Å²) >= 11 is 5.40. The lowest BCUT2D eigenvalue weighted by Gasteiger charge is -2.35. The molecule has 0 aromatic carbocycles. The summed E-state index contributed by atoms with van der Waals surface area (Å²) in [5.74, 6) is 0. The lowest BCUT2D eigenvalue weighted by Crippen LogP contribution is -2.40. The van der Waals surface area contributed by atoms with Crippen molar-refractivity contribution >= 4 is 19.9 Å². The van der Waals surface area contributed by atoms with E-state index in [0.29, 0.717) is 6.61 Å². The zero-order valence-electron chi connectivity index (χ0n) is 8.65. The van der Waals surface area contributed by atoms with E-state index in [-0.39, 0.29) is 5.04 Å². The average molecular weight is 207 g/mol. The van der Waals surface area contributed by atoms with Crippen LogP contribution in [0.1, 0.15) is 20.8 Å². The first kappa shape index (κ1) is 12.2. The minimum Gasteiger partial charge on any atom is -0.413 e. The van der Waals surface area contributed by atoms with Gasteiger partial charge in [0.05, 0.1) is 6.61 Å². The first-order valence-electron chi connectivity index (χ1n) is 4.20. The number of rotatable bonds is 3. The summed E-state index contributed by atoms with van der Waals surface area (Å²) in [6.07, 6.45) is 1.84. The molecule has 0 aliphatic rings. The van der Waals surface area contributed by atoms with Gasteiger partial charge in [0, 0.05) is 5.54 Å². The van der Waals surface area contributed by atoms with Gasteiger partial charge in [-0.25, -0.2) is 0 Å². The van der Waals surface area contributed by atoms with E-state index < -0.39 is 8.32 Å². The topological polar surface area (TPSA) is 9.23 Å². The van der Waals surface area contributed by atoms with E-state index >= 15 is 0 Å². The molecule has 0 aromatic heterocycles. The van der Waals surface area contributed by atoms with E-state index in [2.05, 4.69) is 33.9 Å². The second kappa shape index (κ2) is 4.45. The number of hydrogen-bond donors (Lipinski definition) is 0. The van der Waals surface area contributed by atoms with Crippen LogP contribution in [0.4, 0.5) is 0 Å². The first-order chi connectivity index (χ1) is 5.31. The largest absolute Gasteiger partial charge is 0.413 e. The van der Waals surface area contributed by atoms with Gasteiger partial charge in [0.25, 0.3) is 0 Å². The highest BCUT2D eigenvalue weighted by Crippen LogP contribution is 2.36. The maximum Gasteiger partial charge on any atom is 0.192 e. The van der Waals surface area contributed by atoms with Crippen LogP contribution in [-0.2, 0) is 4.43 Å². The molecule has 0 atom stereocenters. The second-order valence-corrected chi connectivity index (χ2v) is 9.49. The van der Waals surface area contributed by atoms with E-state index in [9.17, 15) is 0 Å². The van der Waals surface area contributed by atoms with Gasteiger partial charge in [0.15, 0.2) is 8.32 Å². The Morgan fingerprint density at radius 2 is 1.83 bits per heavy atom. The molecular weight excluding hydrogens is 188 g/mol. The van der Waals surface area contributed by atoms with Crippen molar-refractivity contribution in [1.29, 1.82) is 0 Å². The molecule has 0 fully saturated rings. The molecule has 1 nitrogen and oxygen atoms in total. The van der Waals surface area contributed by atoms with Crippen molar-refractivity contribution < 1.29 is 4.43 Å². The Bertz CT molecular complexity index is 158. The van der Waals surface area contributed by atoms with Crippen LogP contribution < -0.4 is 0 Å². The molecule has 0 spiro atoms. The van der Waals surface area contributed by atoms with Crippen molar-refractivity contribution in [1.82, 2.24) is 0 Å². The smallest absolute Gasteiger partial charge is 0.192 e. The second-order valence-electron chi connectivity index (χ2n) is 4.43. The van der Waals surface area contributed by atoms with Crippen molar-refractivity contribution in [3.05, 3.63) is 11.6 Å². The van der Waals surface area contributed by atoms with Crippen molar-refractivity contribution in [2.45, 2.75) is 38.9 Å². The van der Waals surface area contributed by atoms with Crippen LogP contribution in [0.2, 0.25) is 18.1 Å². The van der Waals surface area contributed by atoms with Gasteiger partial charge >= 0.3 is 0 Å². The van der Waals surface area contributed by atoms with Gasteiger partial charge in [-0.3, -0.25) is 0 Å². The summed E-state index contributed by atoms with van der Waals surface area (Å²) < 4.78 is 5.80. The van der Waals surface area contributed by atoms with Gasteiger partial charge in [0.2, 0.25) is 0 Å². The Kier molecular flexibility index (Phi) is 4.52. The van der Waals surface area contributed by atoms with Gasteiger partial charge in [-0.05, 0) is 24.2 Å². The summed E-state index contributed by atoms with van der Waals surface area (Å²) in [5.41, 5.74) is 1.51. The Labute approximate surface area is 81.9 Å². The zero-order chi connectivity index (χ0) is 9.83. The van der Waals surface area contributed by atoms with Gasteiger partial charge in [-0.15, -0.1) is 0 Å². The lowest BCUT2D eigenvalue weighted by molar-refractivity contribution is 0.328. The number of hydrogen-bond acceptors (Lipinski definition) is 1. The molecule has 0 unspecified atom stereocenters. The van der Waals surface area contributed by atoms with E-state index in [1.807, 2.05) is 6.08 Å². The Morgan fingerprint density at radius 3 is 2.17 bits per heavy atom. The third kappa shape index (κ3) is 3.74. The fourth-order valence-electron chi connectivity index (χ4n) is 0.509. The molecular formula is C9H19ClOSi. The van der Waals surface area contributed by atoms with Gasteiger partial charge in [-0.2, -0.15) is 0 Å². The molecule has 3 heteroatoms. The highest BCUT2D eigenvalue weighted by atomic mass is 35.5. The van der Waals surface area contributed by atoms with E-state index in [4.69, 9.17) is 16.0 Å². The van der Waals surface area contributed by atoms with Crippen LogP contribution in [0.3, 0.4) is 0 Å². The molecule has 0 radical (unpaired) electrons. The third-order valence-electron chi connectivity index (χ3n) is 2.44. The molecule has 0 aliphatic carbocycles. The van der Waals surface area contributed by atoms with Crippen LogP contribution >= 0.6 is 11.6 Å². The molecule has 0 N–H and O–H groups in total. The quantitative estimate of drug-likeness (QED) is 0.639. The summed E-state index contributed by atoms with van der Waals surface area (Å²) in [6, 6.07) is 0. The van der Waals surface area contributed by atoms with Crippen LogP contribution in [0, 0.1) is 0 Å². The van der Waals surface area contributed by atoms with Crippen molar-refractivity contribution in [3.63, 3.8) is 0 Å². The lowest BCUT2D eigenvalue weighted by atomic mass is 10.2. The summed E-state index contributed by atoms with van der Waals surface area (Å²) in [6.45, 7) is 11.8. The Morgan fingerprint density at radius 1 is 1.33 bits per heavy atom. The fourth-order valence-corrected chi connectivity index (χ4v) is 1.53. The predicted molar refractivity (Wildman–Crippen MR) is 58.1 cm³/mol. The van der Waals surface area contributed by atoms with E-state index in [1.54, 1.807) is 0 Å². The molecule has 0 bridgehead atoms. The molecule has 0 saturated carbocycles. The molecule has 0 rings (SSSR count). The van der Waals surface area contributed by atoms with Crippen LogP contribution in [0.25, 0.3) is 0 Å². The molecule has 72 valence electrons. The molecule has 0 saturated heterocycles. The predicted octanol–water partition coefficient (Wildman–Crippen LogP) is 3.76. The highest BCUT2D eigenvalue weighted by Gasteiger charge is 2.36. The monoisotopic (exact) mass is 206 g/mol. The van der Waals surface area contributed by atoms with Crippen LogP contribution in [0.15, 0.2) is 11.6 Å². The van der Waals surface area contributed by atoms with Crippen molar-refractivity contribution in [2.75, 3.05) is 6.61 Å². The van der Waals surface area contributed by atoms with Crippen LogP contribution in [0.5, 0.6) is 0 Å². The molecule has 0 aliphatic heterocycles. The zero-order valence-corrected chi connectivity index (χ0v) is 10.4. The maximum absolute atomic E-state index is 5.80. The Hall–Kier alpha value is 0.207. The Balaban J connectivity index is 4.05. The summed E-state index contributed by atoms with van der Waals surface area (Å²) in [7, 11) is -1.55. The van der Waals surface area contributed by atoms with Crippen molar-refractivity contribution in [3.8, 4) is 0 Å². The first-order valence-corrected chi connectivity index (χ1v) is 7.55. The van der Waals surface area contributed by atoms with Crippen LogP contribution in [-0.4, -0.2) is 14.9 Å². The summed E-state index contributed by atoms with van der Waals surface area (Å²) in [5, 5.41) is 0.285.